The summed E-state index contributed by atoms with van der Waals surface area (Å²) in [5, 5.41) is 5.99. The number of likely N-dealkylation sites (tertiary alicyclic amines) is 1. The lowest BCUT2D eigenvalue weighted by Crippen LogP contribution is -2.51. The normalized spacial score (nSPS) is 18.9. The van der Waals surface area contributed by atoms with Crippen LogP contribution in [0.15, 0.2) is 54.6 Å². The summed E-state index contributed by atoms with van der Waals surface area (Å²) in [7, 11) is 1.96. The molecule has 2 fully saturated rings. The molecule has 6 nitrogen and oxygen atoms in total. The number of anilines is 1. The van der Waals surface area contributed by atoms with Gasteiger partial charge in [0.15, 0.2) is 0 Å². The molecule has 3 aromatic rings. The van der Waals surface area contributed by atoms with Gasteiger partial charge in [-0.2, -0.15) is 0 Å². The van der Waals surface area contributed by atoms with Gasteiger partial charge in [0.05, 0.1) is 17.1 Å². The van der Waals surface area contributed by atoms with Crippen molar-refractivity contribution in [1.82, 2.24) is 15.2 Å². The van der Waals surface area contributed by atoms with E-state index in [1.54, 1.807) is 0 Å². The van der Waals surface area contributed by atoms with Crippen molar-refractivity contribution in [3.63, 3.8) is 0 Å². The molecule has 2 N–H and O–H groups in total. The number of pyridine rings is 1. The highest BCUT2D eigenvalue weighted by atomic mass is 19.1. The third kappa shape index (κ3) is 5.03. The second-order valence-corrected chi connectivity index (χ2v) is 10.1. The topological polar surface area (TPSA) is 74.3 Å². The molecule has 0 spiro atoms. The van der Waals surface area contributed by atoms with Gasteiger partial charge in [-0.1, -0.05) is 24.6 Å². The molecule has 0 radical (unpaired) electrons. The largest absolute Gasteiger partial charge is 0.341 e. The van der Waals surface area contributed by atoms with E-state index in [-0.39, 0.29) is 17.6 Å². The summed E-state index contributed by atoms with van der Waals surface area (Å²) in [6, 6.07) is 12.6. The van der Waals surface area contributed by atoms with Crippen LogP contribution in [0.3, 0.4) is 0 Å². The zero-order valence-electron chi connectivity index (χ0n) is 21.1. The Hall–Kier alpha value is -3.72. The first-order valence-electron chi connectivity index (χ1n) is 12.8. The van der Waals surface area contributed by atoms with Crippen molar-refractivity contribution in [3.05, 3.63) is 83.3 Å². The molecule has 0 unspecified atom stereocenters. The molecule has 198 valence electrons. The number of likely N-dealkylation sites (N-methyl/N-ethyl adjacent to an activating group) is 1. The molecule has 1 saturated carbocycles. The molecule has 2 aliphatic rings. The number of carbonyl (C=O) groups excluding carboxylic acids is 2. The molecule has 2 heterocycles. The Kier molecular flexibility index (Phi) is 7.21. The molecule has 2 aromatic carbocycles. The van der Waals surface area contributed by atoms with Crippen molar-refractivity contribution in [3.8, 4) is 11.3 Å². The minimum Gasteiger partial charge on any atom is -0.341 e. The van der Waals surface area contributed by atoms with Gasteiger partial charge in [-0.3, -0.25) is 14.5 Å². The predicted molar refractivity (Wildman–Crippen MR) is 138 cm³/mol. The van der Waals surface area contributed by atoms with Crippen LogP contribution in [0.25, 0.3) is 11.3 Å². The van der Waals surface area contributed by atoms with Crippen molar-refractivity contribution in [1.29, 1.82) is 0 Å². The molecule has 1 atom stereocenters. The highest BCUT2D eigenvalue weighted by molar-refractivity contribution is 5.95. The number of nitrogens with zero attached hydrogens (tertiary/aromatic N) is 2. The summed E-state index contributed by atoms with van der Waals surface area (Å²) in [4.78, 5) is 31.9. The second kappa shape index (κ2) is 10.6. The summed E-state index contributed by atoms with van der Waals surface area (Å²) in [5.74, 6) is -3.46. The maximum atomic E-state index is 14.5. The quantitative estimate of drug-likeness (QED) is 0.455. The second-order valence-electron chi connectivity index (χ2n) is 10.1. The van der Waals surface area contributed by atoms with Gasteiger partial charge in [0.25, 0.3) is 5.91 Å². The molecule has 1 aliphatic heterocycles. The highest BCUT2D eigenvalue weighted by Gasteiger charge is 2.40. The lowest BCUT2D eigenvalue weighted by Gasteiger charge is -2.43. The van der Waals surface area contributed by atoms with Crippen LogP contribution >= 0.6 is 0 Å². The Bertz CT molecular complexity index is 1340. The van der Waals surface area contributed by atoms with Gasteiger partial charge in [0.1, 0.15) is 28.8 Å². The Morgan fingerprint density at radius 2 is 1.63 bits per heavy atom. The number of hydrogen-bond acceptors (Lipinski definition) is 4. The van der Waals surface area contributed by atoms with Crippen LogP contribution in [-0.2, 0) is 10.3 Å². The number of rotatable bonds is 6. The smallest absolute Gasteiger partial charge is 0.270 e. The van der Waals surface area contributed by atoms with Crippen LogP contribution < -0.4 is 10.6 Å². The molecule has 38 heavy (non-hydrogen) atoms. The van der Waals surface area contributed by atoms with Crippen LogP contribution in [0.1, 0.15) is 54.6 Å². The third-order valence-electron chi connectivity index (χ3n) is 7.62. The molecule has 1 aromatic heterocycles. The number of nitrogens with one attached hydrogen (secondary N) is 2. The molecule has 5 rings (SSSR count). The van der Waals surface area contributed by atoms with Crippen molar-refractivity contribution in [2.45, 2.75) is 50.1 Å². The molecule has 1 aliphatic carbocycles. The van der Waals surface area contributed by atoms with E-state index in [0.29, 0.717) is 18.5 Å². The van der Waals surface area contributed by atoms with E-state index in [9.17, 15) is 22.8 Å². The number of benzene rings is 2. The number of amides is 2. The summed E-state index contributed by atoms with van der Waals surface area (Å²) in [6.45, 7) is 0.902. The maximum Gasteiger partial charge on any atom is 0.270 e. The van der Waals surface area contributed by atoms with Gasteiger partial charge < -0.3 is 10.6 Å². The molecule has 9 heteroatoms. The molecule has 2 amide bonds. The molecule has 1 saturated heterocycles. The van der Waals surface area contributed by atoms with Crippen LogP contribution in [0, 0.1) is 17.5 Å². The van der Waals surface area contributed by atoms with Crippen molar-refractivity contribution in [2.24, 2.45) is 0 Å². The van der Waals surface area contributed by atoms with E-state index in [1.807, 2.05) is 31.3 Å². The average Bonchev–Trinajstić information content (AvgIpc) is 2.88. The number of halogens is 3. The molecular weight excluding hydrogens is 493 g/mol. The van der Waals surface area contributed by atoms with Crippen LogP contribution in [0.2, 0.25) is 0 Å². The fourth-order valence-corrected chi connectivity index (χ4v) is 5.27. The zero-order valence-corrected chi connectivity index (χ0v) is 21.1. The van der Waals surface area contributed by atoms with Crippen LogP contribution in [0.5, 0.6) is 0 Å². The Morgan fingerprint density at radius 3 is 2.26 bits per heavy atom. The summed E-state index contributed by atoms with van der Waals surface area (Å²) >= 11 is 0. The fraction of sp³-hybridized carbons (Fsp3) is 0.345. The Balaban J connectivity index is 1.32. The summed E-state index contributed by atoms with van der Waals surface area (Å²) < 4.78 is 43.0. The van der Waals surface area contributed by atoms with Crippen molar-refractivity contribution >= 4 is 17.5 Å². The van der Waals surface area contributed by atoms with E-state index in [2.05, 4.69) is 20.5 Å². The summed E-state index contributed by atoms with van der Waals surface area (Å²) in [5.41, 5.74) is -0.420. The number of piperidine rings is 1. The SMILES string of the molecule is CN1CCCC[C@@H]1C(=O)Nc1ccc(C2(NC(=O)c3ccc(F)c(-c4c(F)cccc4F)n3)CCC2)cc1. The van der Waals surface area contributed by atoms with Crippen LogP contribution in [-0.4, -0.2) is 41.3 Å². The Morgan fingerprint density at radius 1 is 0.921 bits per heavy atom. The Labute approximate surface area is 219 Å². The van der Waals surface area contributed by atoms with E-state index in [0.717, 1.165) is 56.0 Å². The van der Waals surface area contributed by atoms with Gasteiger partial charge in [-0.25, -0.2) is 18.2 Å². The predicted octanol–water partition coefficient (Wildman–Crippen LogP) is 5.40. The summed E-state index contributed by atoms with van der Waals surface area (Å²) in [6.07, 6.45) is 5.23. The first-order valence-corrected chi connectivity index (χ1v) is 12.8. The first-order chi connectivity index (χ1) is 18.3. The molecule has 0 bridgehead atoms. The lowest BCUT2D eigenvalue weighted by atomic mass is 9.71. The average molecular weight is 523 g/mol. The first kappa shape index (κ1) is 25.9. The minimum absolute atomic E-state index is 0.0314. The van der Waals surface area contributed by atoms with Crippen molar-refractivity contribution < 1.29 is 22.8 Å². The molecular formula is C29H29F3N4O2. The van der Waals surface area contributed by atoms with Gasteiger partial charge in [-0.15, -0.1) is 0 Å². The highest BCUT2D eigenvalue weighted by Crippen LogP contribution is 2.42. The number of hydrogen-bond donors (Lipinski definition) is 2. The number of carbonyl (C=O) groups is 2. The van der Waals surface area contributed by atoms with Crippen LogP contribution in [0.4, 0.5) is 18.9 Å². The monoisotopic (exact) mass is 522 g/mol. The van der Waals surface area contributed by atoms with E-state index < -0.39 is 40.2 Å². The standard InChI is InChI=1S/C29H29F3N4O2/c1-36-17-3-2-8-24(36)28(38)33-19-11-9-18(10-12-19)29(15-5-16-29)35-27(37)23-14-13-22(32)26(34-23)25-20(30)6-4-7-21(25)31/h4,6-7,9-14,24H,2-3,5,8,15-17H2,1H3,(H,33,38)(H,35,37)/t24-/m1/s1. The van der Waals surface area contributed by atoms with E-state index in [1.165, 1.54) is 12.1 Å². The van der Waals surface area contributed by atoms with Crippen molar-refractivity contribution in [2.75, 3.05) is 18.9 Å². The number of aromatic nitrogens is 1. The van der Waals surface area contributed by atoms with E-state index >= 15 is 0 Å². The minimum atomic E-state index is -0.966. The van der Waals surface area contributed by atoms with Gasteiger partial charge in [-0.05, 0) is 87.7 Å². The van der Waals surface area contributed by atoms with Gasteiger partial charge in [0.2, 0.25) is 5.91 Å². The third-order valence-corrected chi connectivity index (χ3v) is 7.62. The lowest BCUT2D eigenvalue weighted by molar-refractivity contribution is -0.121. The van der Waals surface area contributed by atoms with E-state index in [4.69, 9.17) is 0 Å². The zero-order chi connectivity index (χ0) is 26.9. The maximum absolute atomic E-state index is 14.5. The van der Waals surface area contributed by atoms with Gasteiger partial charge in [0, 0.05) is 5.69 Å². The fourth-order valence-electron chi connectivity index (χ4n) is 5.27. The van der Waals surface area contributed by atoms with Gasteiger partial charge >= 0.3 is 0 Å².